The molecule has 32 heavy (non-hydrogen) atoms. The van der Waals surface area contributed by atoms with E-state index in [1.54, 1.807) is 4.90 Å². The fourth-order valence-corrected chi connectivity index (χ4v) is 5.96. The van der Waals surface area contributed by atoms with E-state index in [-0.39, 0.29) is 29.8 Å². The third-order valence-electron chi connectivity index (χ3n) is 7.42. The van der Waals surface area contributed by atoms with Gasteiger partial charge in [-0.1, -0.05) is 11.6 Å². The molecular formula is C24H29ClFN3O3. The average Bonchev–Trinajstić information content (AvgIpc) is 3.65. The molecule has 6 nitrogen and oxygen atoms in total. The number of fused-ring (bicyclic) bond motifs is 2. The van der Waals surface area contributed by atoms with Gasteiger partial charge in [-0.3, -0.25) is 0 Å². The number of ether oxygens (including phenoxy) is 1. The summed E-state index contributed by atoms with van der Waals surface area (Å²) in [6.45, 7) is 6.75. The van der Waals surface area contributed by atoms with E-state index in [4.69, 9.17) is 16.3 Å². The number of carbonyl (C=O) groups excluding carboxylic acids is 1. The summed E-state index contributed by atoms with van der Waals surface area (Å²) in [5.41, 5.74) is 2.77. The summed E-state index contributed by atoms with van der Waals surface area (Å²) in [7, 11) is 0. The highest BCUT2D eigenvalue weighted by Crippen LogP contribution is 2.62. The van der Waals surface area contributed by atoms with Gasteiger partial charge in [-0.15, -0.1) is 0 Å². The van der Waals surface area contributed by atoms with Gasteiger partial charge in [0, 0.05) is 36.1 Å². The van der Waals surface area contributed by atoms with Crippen LogP contribution in [0, 0.1) is 17.7 Å². The maximum absolute atomic E-state index is 15.4. The van der Waals surface area contributed by atoms with E-state index >= 15 is 4.39 Å². The summed E-state index contributed by atoms with van der Waals surface area (Å²) in [5.74, 6) is 0.653. The maximum atomic E-state index is 15.4. The third kappa shape index (κ3) is 3.15. The van der Waals surface area contributed by atoms with E-state index in [1.807, 2.05) is 25.3 Å². The first-order chi connectivity index (χ1) is 15.2. The molecule has 8 heteroatoms. The van der Waals surface area contributed by atoms with Gasteiger partial charge in [-0.25, -0.2) is 14.2 Å². The molecule has 0 aromatic carbocycles. The second kappa shape index (κ2) is 6.83. The molecule has 1 aliphatic heterocycles. The molecule has 2 aromatic rings. The standard InChI is InChI=1S/C24H29ClFN3O3/c1-24(2,3)32-23(31)28-8-13-14(9-28)16(13)17-15(10-30)29(12-6-7-12)21-18(17)20(11-4-5-11)27-22(25)19(21)26/h11-14,16,30H,4-10H2,1-3H3. The van der Waals surface area contributed by atoms with Crippen LogP contribution in [-0.2, 0) is 11.3 Å². The van der Waals surface area contributed by atoms with Crippen LogP contribution in [-0.4, -0.2) is 44.3 Å². The average molecular weight is 462 g/mol. The van der Waals surface area contributed by atoms with Crippen molar-refractivity contribution in [1.29, 1.82) is 0 Å². The number of rotatable bonds is 4. The van der Waals surface area contributed by atoms with E-state index < -0.39 is 11.4 Å². The lowest BCUT2D eigenvalue weighted by atomic mass is 9.99. The highest BCUT2D eigenvalue weighted by atomic mass is 35.5. The lowest BCUT2D eigenvalue weighted by Gasteiger charge is -2.26. The first-order valence-corrected chi connectivity index (χ1v) is 12.1. The van der Waals surface area contributed by atoms with Gasteiger partial charge in [0.2, 0.25) is 0 Å². The number of likely N-dealkylation sites (tertiary alicyclic amines) is 1. The van der Waals surface area contributed by atoms with Crippen LogP contribution >= 0.6 is 11.6 Å². The van der Waals surface area contributed by atoms with E-state index in [9.17, 15) is 9.90 Å². The van der Waals surface area contributed by atoms with Crippen LogP contribution < -0.4 is 0 Å². The van der Waals surface area contributed by atoms with Crippen molar-refractivity contribution >= 4 is 28.6 Å². The number of piperidine rings is 1. The minimum Gasteiger partial charge on any atom is -0.444 e. The van der Waals surface area contributed by atoms with Gasteiger partial charge < -0.3 is 19.3 Å². The van der Waals surface area contributed by atoms with Crippen molar-refractivity contribution in [2.24, 2.45) is 11.8 Å². The molecule has 3 aliphatic carbocycles. The molecule has 2 aromatic heterocycles. The number of aliphatic hydroxyl groups excluding tert-OH is 1. The van der Waals surface area contributed by atoms with Crippen molar-refractivity contribution < 1.29 is 19.0 Å². The molecule has 172 valence electrons. The largest absolute Gasteiger partial charge is 0.444 e. The van der Waals surface area contributed by atoms with Gasteiger partial charge in [0.15, 0.2) is 11.0 Å². The Balaban J connectivity index is 1.41. The molecule has 3 heterocycles. The minimum atomic E-state index is -0.521. The molecule has 3 saturated carbocycles. The lowest BCUT2D eigenvalue weighted by molar-refractivity contribution is 0.0271. The van der Waals surface area contributed by atoms with Crippen molar-refractivity contribution in [1.82, 2.24) is 14.5 Å². The summed E-state index contributed by atoms with van der Waals surface area (Å²) in [4.78, 5) is 18.8. The fourth-order valence-electron chi connectivity index (χ4n) is 5.78. The Labute approximate surface area is 191 Å². The third-order valence-corrected chi connectivity index (χ3v) is 7.67. The van der Waals surface area contributed by atoms with Crippen molar-refractivity contribution in [2.75, 3.05) is 13.1 Å². The molecule has 0 spiro atoms. The Morgan fingerprint density at radius 1 is 1.22 bits per heavy atom. The van der Waals surface area contributed by atoms with Crippen molar-refractivity contribution in [2.45, 2.75) is 76.5 Å². The van der Waals surface area contributed by atoms with Crippen molar-refractivity contribution in [3.05, 3.63) is 27.9 Å². The zero-order valence-electron chi connectivity index (χ0n) is 18.7. The van der Waals surface area contributed by atoms with E-state index in [0.29, 0.717) is 36.4 Å². The molecule has 1 N–H and O–H groups in total. The molecule has 2 unspecified atom stereocenters. The van der Waals surface area contributed by atoms with E-state index in [1.165, 1.54) is 0 Å². The summed E-state index contributed by atoms with van der Waals surface area (Å²) >= 11 is 6.24. The Bertz CT molecular complexity index is 1120. The number of amides is 1. The SMILES string of the molecule is CC(C)(C)OC(=O)N1CC2C(C1)C2c1c(CO)n(C2CC2)c2c(F)c(Cl)nc(C3CC3)c12. The van der Waals surface area contributed by atoms with Gasteiger partial charge >= 0.3 is 6.09 Å². The fraction of sp³-hybridized carbons (Fsp3) is 0.667. The zero-order chi connectivity index (χ0) is 22.5. The first kappa shape index (κ1) is 20.7. The normalized spacial score (nSPS) is 27.2. The topological polar surface area (TPSA) is 67.6 Å². The van der Waals surface area contributed by atoms with Crippen LogP contribution in [0.4, 0.5) is 9.18 Å². The van der Waals surface area contributed by atoms with Gasteiger partial charge in [0.25, 0.3) is 0 Å². The van der Waals surface area contributed by atoms with Gasteiger partial charge in [0.1, 0.15) is 5.60 Å². The van der Waals surface area contributed by atoms with Crippen LogP contribution in [0.1, 0.15) is 81.3 Å². The number of aromatic nitrogens is 2. The Morgan fingerprint density at radius 2 is 1.88 bits per heavy atom. The monoisotopic (exact) mass is 461 g/mol. The summed E-state index contributed by atoms with van der Waals surface area (Å²) in [6, 6.07) is 0.213. The molecule has 0 bridgehead atoms. The number of aliphatic hydroxyl groups is 1. The van der Waals surface area contributed by atoms with Gasteiger partial charge in [-0.05, 0) is 69.8 Å². The Morgan fingerprint density at radius 3 is 2.41 bits per heavy atom. The quantitative estimate of drug-likeness (QED) is 0.642. The van der Waals surface area contributed by atoms with Crippen LogP contribution in [0.15, 0.2) is 0 Å². The molecule has 1 saturated heterocycles. The number of hydrogen-bond acceptors (Lipinski definition) is 4. The van der Waals surface area contributed by atoms with Crippen LogP contribution in [0.2, 0.25) is 5.15 Å². The molecule has 1 amide bonds. The zero-order valence-corrected chi connectivity index (χ0v) is 19.5. The smallest absolute Gasteiger partial charge is 0.410 e. The Kier molecular flexibility index (Phi) is 4.42. The van der Waals surface area contributed by atoms with E-state index in [0.717, 1.165) is 48.0 Å². The van der Waals surface area contributed by atoms with Crippen molar-refractivity contribution in [3.8, 4) is 0 Å². The van der Waals surface area contributed by atoms with Crippen LogP contribution in [0.5, 0.6) is 0 Å². The highest BCUT2D eigenvalue weighted by Gasteiger charge is 2.59. The minimum absolute atomic E-state index is 0.0677. The maximum Gasteiger partial charge on any atom is 0.410 e. The lowest BCUT2D eigenvalue weighted by Crippen LogP contribution is -2.36. The van der Waals surface area contributed by atoms with Crippen LogP contribution in [0.25, 0.3) is 10.9 Å². The van der Waals surface area contributed by atoms with Crippen LogP contribution in [0.3, 0.4) is 0 Å². The van der Waals surface area contributed by atoms with Gasteiger partial charge in [0.05, 0.1) is 17.8 Å². The summed E-state index contributed by atoms with van der Waals surface area (Å²) in [6.07, 6.45) is 3.77. The number of pyridine rings is 1. The second-order valence-corrected chi connectivity index (χ2v) is 11.3. The molecule has 4 fully saturated rings. The molecule has 4 aliphatic rings. The molecule has 6 rings (SSSR count). The predicted molar refractivity (Wildman–Crippen MR) is 118 cm³/mol. The number of halogens is 2. The highest BCUT2D eigenvalue weighted by molar-refractivity contribution is 6.30. The number of carbonyl (C=O) groups is 1. The predicted octanol–water partition coefficient (Wildman–Crippen LogP) is 5.11. The second-order valence-electron chi connectivity index (χ2n) is 11.0. The summed E-state index contributed by atoms with van der Waals surface area (Å²) in [5, 5.41) is 11.2. The molecular weight excluding hydrogens is 433 g/mol. The van der Waals surface area contributed by atoms with Gasteiger partial charge in [-0.2, -0.15) is 0 Å². The summed E-state index contributed by atoms with van der Waals surface area (Å²) < 4.78 is 22.9. The molecule has 0 radical (unpaired) electrons. The first-order valence-electron chi connectivity index (χ1n) is 11.7. The molecule has 2 atom stereocenters. The Hall–Kier alpha value is -1.86. The number of hydrogen-bond donors (Lipinski definition) is 1. The van der Waals surface area contributed by atoms with E-state index in [2.05, 4.69) is 4.98 Å². The number of nitrogens with zero attached hydrogens (tertiary/aromatic N) is 3. The van der Waals surface area contributed by atoms with Crippen molar-refractivity contribution in [3.63, 3.8) is 0 Å².